The number of anilines is 2. The van der Waals surface area contributed by atoms with Crippen LogP contribution in [-0.2, 0) is 20.8 Å². The minimum atomic E-state index is -4.70. The summed E-state index contributed by atoms with van der Waals surface area (Å²) in [6.07, 6.45) is 1.18. The number of rotatable bonds is 8. The number of hydrogen-bond acceptors (Lipinski definition) is 8. The highest BCUT2D eigenvalue weighted by Gasteiger charge is 2.16. The van der Waals surface area contributed by atoms with Gasteiger partial charge in [-0.25, -0.2) is 0 Å². The summed E-state index contributed by atoms with van der Waals surface area (Å²) in [5.41, 5.74) is 14.9. The lowest BCUT2D eigenvalue weighted by atomic mass is 9.90. The van der Waals surface area contributed by atoms with E-state index in [-0.39, 0.29) is 22.9 Å². The van der Waals surface area contributed by atoms with E-state index in [0.717, 1.165) is 11.1 Å². The molecule has 0 saturated heterocycles. The molecule has 2 aromatic rings. The van der Waals surface area contributed by atoms with Crippen molar-refractivity contribution >= 4 is 43.3 Å². The van der Waals surface area contributed by atoms with Gasteiger partial charge in [0.25, 0.3) is 0 Å². The van der Waals surface area contributed by atoms with E-state index >= 15 is 0 Å². The summed E-state index contributed by atoms with van der Waals surface area (Å²) in [5.74, 6) is -0.406. The zero-order chi connectivity index (χ0) is 22.7. The van der Waals surface area contributed by atoms with E-state index in [2.05, 4.69) is 8.37 Å². The average molecular weight is 459 g/mol. The molecule has 0 amide bonds. The summed E-state index contributed by atoms with van der Waals surface area (Å²) in [6, 6.07) is 8.91. The van der Waals surface area contributed by atoms with Crippen LogP contribution >= 0.6 is 0 Å². The maximum absolute atomic E-state index is 10.9. The highest BCUT2D eigenvalue weighted by Crippen LogP contribution is 2.36. The Bertz CT molecular complexity index is 1100. The molecular weight excluding hydrogens is 436 g/mol. The van der Waals surface area contributed by atoms with Crippen molar-refractivity contribution in [1.29, 1.82) is 0 Å². The molecule has 0 aliphatic rings. The Morgan fingerprint density at radius 3 is 1.33 bits per heavy atom. The Morgan fingerprint density at radius 2 is 1.10 bits per heavy atom. The fraction of sp³-hybridized carbons (Fsp3) is 0.222. The molecule has 12 heteroatoms. The number of allylic oxidation sites excluding steroid dienone is 2. The van der Waals surface area contributed by atoms with Crippen molar-refractivity contribution in [3.63, 3.8) is 0 Å². The van der Waals surface area contributed by atoms with Crippen LogP contribution in [0.15, 0.2) is 36.4 Å². The van der Waals surface area contributed by atoms with E-state index in [4.69, 9.17) is 20.6 Å². The molecule has 0 atom stereocenters. The molecule has 10 nitrogen and oxygen atoms in total. The largest absolute Gasteiger partial charge is 0.446 e. The Hall–Kier alpha value is -2.80. The van der Waals surface area contributed by atoms with Crippen molar-refractivity contribution in [1.82, 2.24) is 0 Å². The molecule has 2 aromatic carbocycles. The van der Waals surface area contributed by atoms with Crippen molar-refractivity contribution in [3.05, 3.63) is 47.5 Å². The van der Waals surface area contributed by atoms with Gasteiger partial charge in [-0.1, -0.05) is 26.0 Å². The third-order valence-electron chi connectivity index (χ3n) is 4.18. The van der Waals surface area contributed by atoms with Gasteiger partial charge in [0, 0.05) is 0 Å². The molecule has 0 heterocycles. The Labute approximate surface area is 175 Å². The smallest absolute Gasteiger partial charge is 0.396 e. The second-order valence-electron chi connectivity index (χ2n) is 6.19. The van der Waals surface area contributed by atoms with Crippen molar-refractivity contribution in [2.24, 2.45) is 0 Å². The summed E-state index contributed by atoms with van der Waals surface area (Å²) in [7, 11) is -9.41. The Morgan fingerprint density at radius 1 is 0.767 bits per heavy atom. The van der Waals surface area contributed by atoms with E-state index in [1.54, 1.807) is 12.1 Å². The molecule has 0 saturated carbocycles. The Balaban J connectivity index is 2.53. The predicted octanol–water partition coefficient (Wildman–Crippen LogP) is 2.95. The lowest BCUT2D eigenvalue weighted by Crippen LogP contribution is -2.08. The van der Waals surface area contributed by atoms with Gasteiger partial charge < -0.3 is 19.8 Å². The van der Waals surface area contributed by atoms with E-state index < -0.39 is 20.8 Å². The van der Waals surface area contributed by atoms with Crippen LogP contribution in [0.4, 0.5) is 11.4 Å². The molecule has 0 fully saturated rings. The van der Waals surface area contributed by atoms with E-state index in [1.807, 2.05) is 13.8 Å². The van der Waals surface area contributed by atoms with Crippen molar-refractivity contribution in [2.45, 2.75) is 26.7 Å². The van der Waals surface area contributed by atoms with Gasteiger partial charge in [0.15, 0.2) is 11.5 Å². The number of benzene rings is 2. The molecule has 0 aliphatic heterocycles. The minimum absolute atomic E-state index is 0.0166. The minimum Gasteiger partial charge on any atom is -0.396 e. The Kier molecular flexibility index (Phi) is 6.98. The van der Waals surface area contributed by atoms with Gasteiger partial charge in [0.2, 0.25) is 0 Å². The lowest BCUT2D eigenvalue weighted by molar-refractivity contribution is 0.385. The van der Waals surface area contributed by atoms with Gasteiger partial charge in [-0.3, -0.25) is 9.11 Å². The van der Waals surface area contributed by atoms with Crippen LogP contribution in [0.5, 0.6) is 11.5 Å². The molecule has 164 valence electrons. The predicted molar refractivity (Wildman–Crippen MR) is 113 cm³/mol. The maximum atomic E-state index is 10.9. The van der Waals surface area contributed by atoms with Crippen molar-refractivity contribution in [3.8, 4) is 11.5 Å². The second-order valence-corrected chi connectivity index (χ2v) is 8.24. The number of hydrogen-bond donors (Lipinski definition) is 4. The fourth-order valence-electron chi connectivity index (χ4n) is 3.03. The zero-order valence-electron chi connectivity index (χ0n) is 16.2. The zero-order valence-corrected chi connectivity index (χ0v) is 17.8. The molecule has 0 aromatic heterocycles. The van der Waals surface area contributed by atoms with E-state index in [0.29, 0.717) is 24.0 Å². The molecule has 0 aliphatic carbocycles. The van der Waals surface area contributed by atoms with Gasteiger partial charge >= 0.3 is 20.8 Å². The number of nitrogens with two attached hydrogens (primary N) is 2. The highest BCUT2D eigenvalue weighted by atomic mass is 32.3. The first kappa shape index (κ1) is 23.5. The summed E-state index contributed by atoms with van der Waals surface area (Å²) in [5, 5.41) is 0. The van der Waals surface area contributed by atoms with Crippen molar-refractivity contribution < 1.29 is 34.3 Å². The summed E-state index contributed by atoms with van der Waals surface area (Å²) in [6.45, 7) is 3.84. The third kappa shape index (κ3) is 6.10. The molecule has 6 N–H and O–H groups in total. The van der Waals surface area contributed by atoms with Gasteiger partial charge in [0.1, 0.15) is 0 Å². The normalized spacial score (nSPS) is 12.9. The van der Waals surface area contributed by atoms with Crippen LogP contribution in [-0.4, -0.2) is 25.9 Å². The molecule has 30 heavy (non-hydrogen) atoms. The SMILES string of the molecule is CC/C(=C(/CC)c1ccc(OS(=O)(=O)O)c(N)c1)c1ccc(OS(=O)(=O)O)c(N)c1. The summed E-state index contributed by atoms with van der Waals surface area (Å²) in [4.78, 5) is 0. The molecule has 0 spiro atoms. The first-order chi connectivity index (χ1) is 13.8. The topological polar surface area (TPSA) is 179 Å². The average Bonchev–Trinajstić information content (AvgIpc) is 2.61. The molecular formula is C18H22N2O8S2. The molecule has 0 radical (unpaired) electrons. The maximum Gasteiger partial charge on any atom is 0.446 e. The van der Waals surface area contributed by atoms with Gasteiger partial charge in [-0.15, -0.1) is 0 Å². The van der Waals surface area contributed by atoms with Gasteiger partial charge in [-0.05, 0) is 59.4 Å². The first-order valence-electron chi connectivity index (χ1n) is 8.70. The van der Waals surface area contributed by atoms with E-state index in [1.165, 1.54) is 24.3 Å². The second kappa shape index (κ2) is 8.92. The van der Waals surface area contributed by atoms with Crippen molar-refractivity contribution in [2.75, 3.05) is 11.5 Å². The van der Waals surface area contributed by atoms with Crippen LogP contribution in [0.2, 0.25) is 0 Å². The quantitative estimate of drug-likeness (QED) is 0.261. The third-order valence-corrected chi connectivity index (χ3v) is 4.96. The van der Waals surface area contributed by atoms with Gasteiger partial charge in [-0.2, -0.15) is 16.8 Å². The molecule has 2 rings (SSSR count). The monoisotopic (exact) mass is 458 g/mol. The van der Waals surface area contributed by atoms with Crippen LogP contribution in [0.1, 0.15) is 37.8 Å². The van der Waals surface area contributed by atoms with Crippen LogP contribution in [0.25, 0.3) is 11.1 Å². The lowest BCUT2D eigenvalue weighted by Gasteiger charge is -2.16. The van der Waals surface area contributed by atoms with Gasteiger partial charge in [0.05, 0.1) is 11.4 Å². The summed E-state index contributed by atoms with van der Waals surface area (Å²) < 4.78 is 70.1. The van der Waals surface area contributed by atoms with E-state index in [9.17, 15) is 16.8 Å². The fourth-order valence-corrected chi connectivity index (χ4v) is 3.79. The van der Waals surface area contributed by atoms with Crippen LogP contribution < -0.4 is 19.8 Å². The summed E-state index contributed by atoms with van der Waals surface area (Å²) >= 11 is 0. The van der Waals surface area contributed by atoms with Crippen LogP contribution in [0.3, 0.4) is 0 Å². The number of nitrogen functional groups attached to an aromatic ring is 2. The van der Waals surface area contributed by atoms with Crippen LogP contribution in [0, 0.1) is 0 Å². The highest BCUT2D eigenvalue weighted by molar-refractivity contribution is 7.81. The molecule has 0 bridgehead atoms. The first-order valence-corrected chi connectivity index (χ1v) is 11.4. The molecule has 0 unspecified atom stereocenters. The standard InChI is InChI=1S/C18H22N2O8S2/c1-3-13(11-5-7-17(15(19)9-11)27-29(21,22)23)14(4-2)12-6-8-18(16(20)10-12)28-30(24,25)26/h5-10H,3-4,19-20H2,1-2H3,(H,21,22,23)(H,24,25,26)/b14-13+.